The first-order valence-electron chi connectivity index (χ1n) is 11.1. The van der Waals surface area contributed by atoms with Crippen LogP contribution >= 0.6 is 0 Å². The fourth-order valence-electron chi connectivity index (χ4n) is 3.45. The van der Waals surface area contributed by atoms with Gasteiger partial charge in [0.25, 0.3) is 5.91 Å². The molecule has 3 aromatic rings. The molecule has 2 amide bonds. The standard InChI is InChI=1S/C26H28N4O6/c1-36-26(35)23(13-16-4-9-19(32)10-5-16)30-24(33)17-6-11-20(27)22(14-17)29-25(34)21(28)12-15-2-7-18(31)8-3-15/h2-11,14,21,23,31-32H,12-13,27-28H2,1H3,(H,29,34)(H,30,33)/t21-,23-/m0/s1. The van der Waals surface area contributed by atoms with Crippen molar-refractivity contribution < 1.29 is 29.3 Å². The van der Waals surface area contributed by atoms with Gasteiger partial charge in [0.2, 0.25) is 5.91 Å². The average Bonchev–Trinajstić information content (AvgIpc) is 2.86. The fourth-order valence-corrected chi connectivity index (χ4v) is 3.45. The number of carbonyl (C=O) groups is 3. The third-order valence-corrected chi connectivity index (χ3v) is 5.47. The van der Waals surface area contributed by atoms with Gasteiger partial charge in [0, 0.05) is 12.0 Å². The van der Waals surface area contributed by atoms with Crippen molar-refractivity contribution in [3.05, 3.63) is 83.4 Å². The van der Waals surface area contributed by atoms with Gasteiger partial charge in [0.1, 0.15) is 17.5 Å². The zero-order chi connectivity index (χ0) is 26.2. The maximum absolute atomic E-state index is 12.9. The summed E-state index contributed by atoms with van der Waals surface area (Å²) in [6.07, 6.45) is 0.369. The topological polar surface area (TPSA) is 177 Å². The fraction of sp³-hybridized carbons (Fsp3) is 0.192. The largest absolute Gasteiger partial charge is 0.508 e. The Hall–Kier alpha value is -4.57. The van der Waals surface area contributed by atoms with Crippen molar-refractivity contribution in [2.45, 2.75) is 24.9 Å². The molecule has 0 bridgehead atoms. The summed E-state index contributed by atoms with van der Waals surface area (Å²) in [5.41, 5.74) is 14.1. The van der Waals surface area contributed by atoms with Crippen molar-refractivity contribution in [2.75, 3.05) is 18.2 Å². The zero-order valence-electron chi connectivity index (χ0n) is 19.6. The van der Waals surface area contributed by atoms with Gasteiger partial charge >= 0.3 is 5.97 Å². The molecule has 36 heavy (non-hydrogen) atoms. The minimum atomic E-state index is -0.985. The predicted molar refractivity (Wildman–Crippen MR) is 134 cm³/mol. The summed E-state index contributed by atoms with van der Waals surface area (Å²) in [7, 11) is 1.22. The highest BCUT2D eigenvalue weighted by Gasteiger charge is 2.23. The number of nitrogens with two attached hydrogens (primary N) is 2. The van der Waals surface area contributed by atoms with Crippen LogP contribution in [0.5, 0.6) is 11.5 Å². The Morgan fingerprint density at radius 2 is 1.44 bits per heavy atom. The van der Waals surface area contributed by atoms with Crippen LogP contribution < -0.4 is 22.1 Å². The first kappa shape index (κ1) is 26.0. The Labute approximate surface area is 207 Å². The molecule has 10 nitrogen and oxygen atoms in total. The highest BCUT2D eigenvalue weighted by molar-refractivity contribution is 6.02. The van der Waals surface area contributed by atoms with E-state index in [-0.39, 0.29) is 41.3 Å². The zero-order valence-corrected chi connectivity index (χ0v) is 19.6. The normalized spacial score (nSPS) is 12.3. The van der Waals surface area contributed by atoms with Crippen LogP contribution in [0.2, 0.25) is 0 Å². The number of phenols is 2. The number of anilines is 2. The lowest BCUT2D eigenvalue weighted by molar-refractivity contribution is -0.142. The number of nitrogen functional groups attached to an aromatic ring is 1. The van der Waals surface area contributed by atoms with E-state index in [2.05, 4.69) is 10.6 Å². The van der Waals surface area contributed by atoms with E-state index in [1.165, 1.54) is 49.6 Å². The molecule has 0 saturated carbocycles. The smallest absolute Gasteiger partial charge is 0.328 e. The highest BCUT2D eigenvalue weighted by atomic mass is 16.5. The van der Waals surface area contributed by atoms with E-state index in [1.807, 2.05) is 0 Å². The molecular formula is C26H28N4O6. The number of amides is 2. The number of phenolic OH excluding ortho intramolecular Hbond substituents is 2. The van der Waals surface area contributed by atoms with Crippen LogP contribution in [0.25, 0.3) is 0 Å². The van der Waals surface area contributed by atoms with Crippen molar-refractivity contribution in [3.63, 3.8) is 0 Å². The van der Waals surface area contributed by atoms with Gasteiger partial charge in [-0.05, 0) is 60.0 Å². The van der Waals surface area contributed by atoms with Gasteiger partial charge < -0.3 is 37.1 Å². The van der Waals surface area contributed by atoms with Gasteiger partial charge in [-0.25, -0.2) is 4.79 Å². The quantitative estimate of drug-likeness (QED) is 0.193. The molecule has 3 rings (SSSR count). The van der Waals surface area contributed by atoms with E-state index in [0.717, 1.165) is 5.56 Å². The number of hydrogen-bond acceptors (Lipinski definition) is 8. The minimum absolute atomic E-state index is 0.0802. The maximum Gasteiger partial charge on any atom is 0.328 e. The van der Waals surface area contributed by atoms with Gasteiger partial charge in [-0.1, -0.05) is 24.3 Å². The average molecular weight is 493 g/mol. The number of benzene rings is 3. The molecule has 0 radical (unpaired) electrons. The van der Waals surface area contributed by atoms with Gasteiger partial charge in [-0.15, -0.1) is 0 Å². The summed E-state index contributed by atoms with van der Waals surface area (Å²) in [5.74, 6) is -1.53. The predicted octanol–water partition coefficient (Wildman–Crippen LogP) is 1.70. The summed E-state index contributed by atoms with van der Waals surface area (Å²) < 4.78 is 4.81. The van der Waals surface area contributed by atoms with Crippen LogP contribution in [-0.2, 0) is 27.2 Å². The Bertz CT molecular complexity index is 1230. The molecule has 0 spiro atoms. The summed E-state index contributed by atoms with van der Waals surface area (Å²) in [4.78, 5) is 37.8. The molecule has 0 saturated heterocycles. The second kappa shape index (κ2) is 11.7. The molecule has 10 heteroatoms. The van der Waals surface area contributed by atoms with E-state index < -0.39 is 29.9 Å². The lowest BCUT2D eigenvalue weighted by Crippen LogP contribution is -2.43. The van der Waals surface area contributed by atoms with Crippen LogP contribution in [0.3, 0.4) is 0 Å². The van der Waals surface area contributed by atoms with Crippen LogP contribution in [0.1, 0.15) is 21.5 Å². The molecule has 8 N–H and O–H groups in total. The van der Waals surface area contributed by atoms with Gasteiger partial charge in [0.15, 0.2) is 0 Å². The lowest BCUT2D eigenvalue weighted by atomic mass is 10.0. The van der Waals surface area contributed by atoms with E-state index in [1.54, 1.807) is 24.3 Å². The molecule has 0 aliphatic rings. The Morgan fingerprint density at radius 3 is 2.00 bits per heavy atom. The van der Waals surface area contributed by atoms with Gasteiger partial charge in [-0.3, -0.25) is 9.59 Å². The molecular weight excluding hydrogens is 464 g/mol. The second-order valence-corrected chi connectivity index (χ2v) is 8.19. The number of nitrogens with one attached hydrogen (secondary N) is 2. The first-order chi connectivity index (χ1) is 17.2. The number of aromatic hydroxyl groups is 2. The molecule has 2 atom stereocenters. The summed E-state index contributed by atoms with van der Waals surface area (Å²) >= 11 is 0. The SMILES string of the molecule is COC(=O)[C@H](Cc1ccc(O)cc1)NC(=O)c1ccc(N)c(NC(=O)[C@@H](N)Cc2ccc(O)cc2)c1. The molecule has 0 unspecified atom stereocenters. The number of rotatable bonds is 9. The van der Waals surface area contributed by atoms with E-state index in [0.29, 0.717) is 5.56 Å². The second-order valence-electron chi connectivity index (χ2n) is 8.19. The van der Waals surface area contributed by atoms with Crippen LogP contribution in [0.15, 0.2) is 66.7 Å². The minimum Gasteiger partial charge on any atom is -0.508 e. The number of hydrogen-bond donors (Lipinski definition) is 6. The summed E-state index contributed by atoms with van der Waals surface area (Å²) in [6, 6.07) is 15.0. The van der Waals surface area contributed by atoms with Crippen molar-refractivity contribution in [2.24, 2.45) is 5.73 Å². The molecule has 0 aliphatic heterocycles. The lowest BCUT2D eigenvalue weighted by Gasteiger charge is -2.18. The molecule has 0 fully saturated rings. The van der Waals surface area contributed by atoms with Crippen molar-refractivity contribution in [1.29, 1.82) is 0 Å². The number of ether oxygens (including phenoxy) is 1. The van der Waals surface area contributed by atoms with Crippen molar-refractivity contribution >= 4 is 29.2 Å². The molecule has 188 valence electrons. The molecule has 0 aromatic heterocycles. The molecule has 0 aliphatic carbocycles. The number of esters is 1. The number of carbonyl (C=O) groups excluding carboxylic acids is 3. The van der Waals surface area contributed by atoms with E-state index in [4.69, 9.17) is 16.2 Å². The van der Waals surface area contributed by atoms with Crippen LogP contribution in [-0.4, -0.2) is 47.2 Å². The number of methoxy groups -OCH3 is 1. The summed E-state index contributed by atoms with van der Waals surface area (Å²) in [5, 5.41) is 24.1. The monoisotopic (exact) mass is 492 g/mol. The molecule has 0 heterocycles. The van der Waals surface area contributed by atoms with Crippen molar-refractivity contribution in [1.82, 2.24) is 5.32 Å². The van der Waals surface area contributed by atoms with Crippen LogP contribution in [0.4, 0.5) is 11.4 Å². The van der Waals surface area contributed by atoms with E-state index >= 15 is 0 Å². The Balaban J connectivity index is 1.70. The van der Waals surface area contributed by atoms with E-state index in [9.17, 15) is 24.6 Å². The third kappa shape index (κ3) is 6.97. The molecule has 3 aromatic carbocycles. The van der Waals surface area contributed by atoms with Crippen LogP contribution in [0, 0.1) is 0 Å². The van der Waals surface area contributed by atoms with Gasteiger partial charge in [0.05, 0.1) is 24.5 Å². The van der Waals surface area contributed by atoms with Gasteiger partial charge in [-0.2, -0.15) is 0 Å². The maximum atomic E-state index is 12.9. The first-order valence-corrected chi connectivity index (χ1v) is 11.1. The van der Waals surface area contributed by atoms with Crippen molar-refractivity contribution in [3.8, 4) is 11.5 Å². The highest BCUT2D eigenvalue weighted by Crippen LogP contribution is 2.21. The Kier molecular flexibility index (Phi) is 8.48. The Morgan fingerprint density at radius 1 is 0.889 bits per heavy atom. The summed E-state index contributed by atoms with van der Waals surface area (Å²) in [6.45, 7) is 0. The third-order valence-electron chi connectivity index (χ3n) is 5.47.